The van der Waals surface area contributed by atoms with E-state index in [1.54, 1.807) is 0 Å². The first-order valence-electron chi connectivity index (χ1n) is 4.97. The number of carbonyl (C=O) groups is 1. The lowest BCUT2D eigenvalue weighted by Crippen LogP contribution is -2.11. The van der Waals surface area contributed by atoms with Crippen LogP contribution in [0.25, 0.3) is 0 Å². The molecule has 0 bridgehead atoms. The Morgan fingerprint density at radius 1 is 1.68 bits per heavy atom. The molecule has 7 nitrogen and oxygen atoms in total. The van der Waals surface area contributed by atoms with Gasteiger partial charge in [0.2, 0.25) is 0 Å². The van der Waals surface area contributed by atoms with E-state index in [2.05, 4.69) is 9.72 Å². The standard InChI is InChI=1S/C10H7F2N3O4/c1-2-19-10(16)5-3-6(8(11)12)9(15(17)18)14-7(5)4-13/h3,8H,2H2,1H3. The molecule has 0 unspecified atom stereocenters. The SMILES string of the molecule is CCOC(=O)c1cc(C(F)F)c([N+](=O)[O-])nc1C#N. The summed E-state index contributed by atoms with van der Waals surface area (Å²) in [5.74, 6) is -2.19. The van der Waals surface area contributed by atoms with Gasteiger partial charge in [-0.1, -0.05) is 0 Å². The van der Waals surface area contributed by atoms with Crippen LogP contribution in [0.1, 0.15) is 35.0 Å². The molecule has 0 aliphatic rings. The summed E-state index contributed by atoms with van der Waals surface area (Å²) in [6.45, 7) is 1.45. The second-order valence-electron chi connectivity index (χ2n) is 3.19. The van der Waals surface area contributed by atoms with Crippen LogP contribution in [0.5, 0.6) is 0 Å². The first kappa shape index (κ1) is 14.4. The molecular formula is C10H7F2N3O4. The number of pyridine rings is 1. The number of ether oxygens (including phenoxy) is 1. The first-order chi connectivity index (χ1) is 8.92. The highest BCUT2D eigenvalue weighted by atomic mass is 19.3. The van der Waals surface area contributed by atoms with Gasteiger partial charge in [0.05, 0.1) is 6.61 Å². The van der Waals surface area contributed by atoms with Crippen molar-refractivity contribution in [2.75, 3.05) is 6.61 Å². The van der Waals surface area contributed by atoms with E-state index in [4.69, 9.17) is 5.26 Å². The smallest absolute Gasteiger partial charge is 0.373 e. The topological polar surface area (TPSA) is 106 Å². The lowest BCUT2D eigenvalue weighted by atomic mass is 10.1. The lowest BCUT2D eigenvalue weighted by Gasteiger charge is -2.05. The molecule has 0 aromatic carbocycles. The van der Waals surface area contributed by atoms with Gasteiger partial charge in [0, 0.05) is 0 Å². The van der Waals surface area contributed by atoms with Crippen molar-refractivity contribution in [3.63, 3.8) is 0 Å². The van der Waals surface area contributed by atoms with Crippen molar-refractivity contribution >= 4 is 11.8 Å². The average Bonchev–Trinajstić information content (AvgIpc) is 2.37. The van der Waals surface area contributed by atoms with Crippen LogP contribution in [0.4, 0.5) is 14.6 Å². The molecule has 0 N–H and O–H groups in total. The summed E-state index contributed by atoms with van der Waals surface area (Å²) in [4.78, 5) is 24.1. The fraction of sp³-hybridized carbons (Fsp3) is 0.300. The number of rotatable bonds is 4. The number of carbonyl (C=O) groups excluding carboxylic acids is 1. The van der Waals surface area contributed by atoms with E-state index in [-0.39, 0.29) is 6.61 Å². The van der Waals surface area contributed by atoms with E-state index < -0.39 is 40.0 Å². The monoisotopic (exact) mass is 271 g/mol. The maximum Gasteiger partial charge on any atom is 0.373 e. The zero-order valence-corrected chi connectivity index (χ0v) is 9.59. The van der Waals surface area contributed by atoms with Crippen molar-refractivity contribution in [3.8, 4) is 6.07 Å². The van der Waals surface area contributed by atoms with E-state index in [0.717, 1.165) is 0 Å². The van der Waals surface area contributed by atoms with E-state index in [0.29, 0.717) is 6.07 Å². The highest BCUT2D eigenvalue weighted by molar-refractivity contribution is 5.92. The van der Waals surface area contributed by atoms with Gasteiger partial charge in [-0.15, -0.1) is 0 Å². The Bertz CT molecular complexity index is 569. The fourth-order valence-corrected chi connectivity index (χ4v) is 1.28. The molecule has 0 saturated carbocycles. The molecule has 0 amide bonds. The Kier molecular flexibility index (Phi) is 4.41. The number of aromatic nitrogens is 1. The summed E-state index contributed by atoms with van der Waals surface area (Å²) in [5, 5.41) is 19.3. The van der Waals surface area contributed by atoms with E-state index in [9.17, 15) is 23.7 Å². The number of nitrogens with zero attached hydrogens (tertiary/aromatic N) is 3. The van der Waals surface area contributed by atoms with E-state index in [1.165, 1.54) is 13.0 Å². The number of alkyl halides is 2. The largest absolute Gasteiger partial charge is 0.462 e. The van der Waals surface area contributed by atoms with Gasteiger partial charge in [0.25, 0.3) is 12.1 Å². The number of esters is 1. The van der Waals surface area contributed by atoms with Crippen LogP contribution in [0.15, 0.2) is 6.07 Å². The molecule has 0 aliphatic carbocycles. The number of hydrogen-bond donors (Lipinski definition) is 0. The molecule has 1 rings (SSSR count). The quantitative estimate of drug-likeness (QED) is 0.470. The Labute approximate surface area is 105 Å². The third kappa shape index (κ3) is 2.98. The Morgan fingerprint density at radius 3 is 2.74 bits per heavy atom. The zero-order valence-electron chi connectivity index (χ0n) is 9.59. The highest BCUT2D eigenvalue weighted by Gasteiger charge is 2.30. The Morgan fingerprint density at radius 2 is 2.32 bits per heavy atom. The molecule has 100 valence electrons. The van der Waals surface area contributed by atoms with Crippen LogP contribution in [0.2, 0.25) is 0 Å². The van der Waals surface area contributed by atoms with Crippen LogP contribution in [-0.4, -0.2) is 22.5 Å². The van der Waals surface area contributed by atoms with Crippen molar-refractivity contribution in [2.24, 2.45) is 0 Å². The molecule has 1 aromatic rings. The minimum Gasteiger partial charge on any atom is -0.462 e. The summed E-state index contributed by atoms with van der Waals surface area (Å²) < 4.78 is 29.9. The van der Waals surface area contributed by atoms with Gasteiger partial charge in [0.1, 0.15) is 17.2 Å². The third-order valence-corrected chi connectivity index (χ3v) is 2.04. The van der Waals surface area contributed by atoms with Crippen LogP contribution in [0.3, 0.4) is 0 Å². The summed E-state index contributed by atoms with van der Waals surface area (Å²) in [6, 6.07) is 2.00. The maximum atomic E-state index is 12.7. The van der Waals surface area contributed by atoms with Gasteiger partial charge < -0.3 is 14.9 Å². The van der Waals surface area contributed by atoms with Gasteiger partial charge in [-0.25, -0.2) is 13.6 Å². The lowest BCUT2D eigenvalue weighted by molar-refractivity contribution is -0.391. The van der Waals surface area contributed by atoms with Gasteiger partial charge in [-0.05, 0) is 22.9 Å². The second kappa shape index (κ2) is 5.81. The minimum atomic E-state index is -3.20. The highest BCUT2D eigenvalue weighted by Crippen LogP contribution is 2.29. The molecule has 0 aliphatic heterocycles. The summed E-state index contributed by atoms with van der Waals surface area (Å²) >= 11 is 0. The van der Waals surface area contributed by atoms with E-state index in [1.807, 2.05) is 0 Å². The molecule has 19 heavy (non-hydrogen) atoms. The molecule has 0 fully saturated rings. The average molecular weight is 271 g/mol. The van der Waals surface area contributed by atoms with Crippen LogP contribution >= 0.6 is 0 Å². The van der Waals surface area contributed by atoms with Gasteiger partial charge in [-0.3, -0.25) is 0 Å². The van der Waals surface area contributed by atoms with Gasteiger partial charge in [-0.2, -0.15) is 5.26 Å². The molecule has 1 aromatic heterocycles. The predicted molar refractivity (Wildman–Crippen MR) is 56.5 cm³/mol. The van der Waals surface area contributed by atoms with Crippen LogP contribution in [-0.2, 0) is 4.74 Å². The van der Waals surface area contributed by atoms with Gasteiger partial charge >= 0.3 is 11.8 Å². The van der Waals surface area contributed by atoms with Crippen LogP contribution < -0.4 is 0 Å². The number of halogens is 2. The molecular weight excluding hydrogens is 264 g/mol. The Hall–Kier alpha value is -2.63. The van der Waals surface area contributed by atoms with Crippen molar-refractivity contribution in [1.82, 2.24) is 4.98 Å². The van der Waals surface area contributed by atoms with Crippen molar-refractivity contribution in [1.29, 1.82) is 5.26 Å². The minimum absolute atomic E-state index is 0.0370. The summed E-state index contributed by atoms with van der Waals surface area (Å²) in [6.07, 6.45) is -3.20. The number of hydrogen-bond acceptors (Lipinski definition) is 6. The molecule has 0 spiro atoms. The van der Waals surface area contributed by atoms with Crippen molar-refractivity contribution in [3.05, 3.63) is 33.0 Å². The number of nitro groups is 1. The number of nitriles is 1. The molecule has 0 saturated heterocycles. The fourth-order valence-electron chi connectivity index (χ4n) is 1.28. The third-order valence-electron chi connectivity index (χ3n) is 2.04. The van der Waals surface area contributed by atoms with Gasteiger partial charge in [0.15, 0.2) is 0 Å². The Balaban J connectivity index is 3.49. The van der Waals surface area contributed by atoms with Crippen molar-refractivity contribution < 1.29 is 23.2 Å². The summed E-state index contributed by atoms with van der Waals surface area (Å²) in [5.41, 5.74) is -2.19. The molecule has 0 radical (unpaired) electrons. The maximum absolute atomic E-state index is 12.7. The zero-order chi connectivity index (χ0) is 14.6. The second-order valence-corrected chi connectivity index (χ2v) is 3.19. The normalized spacial score (nSPS) is 10.1. The first-order valence-corrected chi connectivity index (χ1v) is 4.97. The van der Waals surface area contributed by atoms with E-state index >= 15 is 0 Å². The van der Waals surface area contributed by atoms with Crippen molar-refractivity contribution in [2.45, 2.75) is 13.3 Å². The molecule has 0 atom stereocenters. The molecule has 9 heteroatoms. The molecule has 1 heterocycles. The predicted octanol–water partition coefficient (Wildman–Crippen LogP) is 1.98. The summed E-state index contributed by atoms with van der Waals surface area (Å²) in [7, 11) is 0. The van der Waals surface area contributed by atoms with Crippen LogP contribution in [0, 0.1) is 21.4 Å².